The van der Waals surface area contributed by atoms with Crippen molar-refractivity contribution in [2.75, 3.05) is 6.61 Å². The topological polar surface area (TPSA) is 45.1 Å². The van der Waals surface area contributed by atoms with Crippen LogP contribution in [0.5, 0.6) is 0 Å². The van der Waals surface area contributed by atoms with Crippen LogP contribution >= 0.6 is 11.3 Å². The maximum Gasteiger partial charge on any atom is 0.108 e. The first-order valence-electron chi connectivity index (χ1n) is 7.41. The Morgan fingerprint density at radius 2 is 2.30 bits per heavy atom. The summed E-state index contributed by atoms with van der Waals surface area (Å²) < 4.78 is 1.24. The number of fused-ring (bicyclic) bond motifs is 1. The second-order valence-corrected chi connectivity index (χ2v) is 7.18. The molecule has 3 nitrogen and oxygen atoms in total. The van der Waals surface area contributed by atoms with Crippen molar-refractivity contribution in [3.05, 3.63) is 29.3 Å². The quantitative estimate of drug-likeness (QED) is 0.908. The van der Waals surface area contributed by atoms with Crippen LogP contribution in [0.3, 0.4) is 0 Å². The number of rotatable bonds is 4. The van der Waals surface area contributed by atoms with Gasteiger partial charge in [-0.1, -0.05) is 31.9 Å². The fourth-order valence-electron chi connectivity index (χ4n) is 3.28. The molecule has 2 unspecified atom stereocenters. The molecule has 0 saturated heterocycles. The lowest BCUT2D eigenvalue weighted by atomic mass is 9.77. The molecular weight excluding hydrogens is 268 g/mol. The van der Waals surface area contributed by atoms with Gasteiger partial charge in [-0.15, -0.1) is 11.3 Å². The summed E-state index contributed by atoms with van der Waals surface area (Å²) in [7, 11) is 0. The normalized spacial score (nSPS) is 27.0. The first-order valence-corrected chi connectivity index (χ1v) is 8.23. The van der Waals surface area contributed by atoms with Gasteiger partial charge in [0.25, 0.3) is 0 Å². The minimum absolute atomic E-state index is 0.102. The van der Waals surface area contributed by atoms with E-state index in [-0.39, 0.29) is 12.1 Å². The average molecular weight is 290 g/mol. The molecule has 3 rings (SSSR count). The third-order valence-electron chi connectivity index (χ3n) is 4.35. The molecule has 0 radical (unpaired) electrons. The average Bonchev–Trinajstić information content (AvgIpc) is 2.88. The van der Waals surface area contributed by atoms with E-state index in [0.717, 1.165) is 29.9 Å². The summed E-state index contributed by atoms with van der Waals surface area (Å²) in [6, 6.07) is 8.24. The number of aromatic nitrogens is 1. The fourth-order valence-corrected chi connectivity index (χ4v) is 4.19. The van der Waals surface area contributed by atoms with Gasteiger partial charge in [-0.3, -0.25) is 0 Å². The van der Waals surface area contributed by atoms with Gasteiger partial charge >= 0.3 is 0 Å². The number of aliphatic hydroxyl groups excluding tert-OH is 1. The van der Waals surface area contributed by atoms with Gasteiger partial charge in [-0.05, 0) is 30.9 Å². The molecule has 0 aliphatic heterocycles. The van der Waals surface area contributed by atoms with Gasteiger partial charge in [0.05, 0.1) is 16.8 Å². The third-order valence-corrected chi connectivity index (χ3v) is 5.38. The van der Waals surface area contributed by atoms with E-state index in [0.29, 0.717) is 5.92 Å². The van der Waals surface area contributed by atoms with Gasteiger partial charge in [0.2, 0.25) is 0 Å². The summed E-state index contributed by atoms with van der Waals surface area (Å²) in [4.78, 5) is 4.66. The minimum Gasteiger partial charge on any atom is -0.394 e. The van der Waals surface area contributed by atoms with Crippen molar-refractivity contribution < 1.29 is 5.11 Å². The molecule has 0 spiro atoms. The SMILES string of the molecule is CC1CCCC(CO)(NCc2nc3ccccc3s2)C1. The highest BCUT2D eigenvalue weighted by atomic mass is 32.1. The Morgan fingerprint density at radius 1 is 1.45 bits per heavy atom. The predicted octanol–water partition coefficient (Wildman–Crippen LogP) is 3.33. The van der Waals surface area contributed by atoms with Crippen molar-refractivity contribution in [1.29, 1.82) is 0 Å². The van der Waals surface area contributed by atoms with Crippen molar-refractivity contribution >= 4 is 21.6 Å². The third kappa shape index (κ3) is 2.87. The molecule has 108 valence electrons. The fraction of sp³-hybridized carbons (Fsp3) is 0.562. The second-order valence-electron chi connectivity index (χ2n) is 6.07. The first kappa shape index (κ1) is 14.0. The summed E-state index contributed by atoms with van der Waals surface area (Å²) in [5.74, 6) is 0.693. The minimum atomic E-state index is -0.102. The maximum absolute atomic E-state index is 9.80. The number of nitrogens with zero attached hydrogens (tertiary/aromatic N) is 1. The van der Waals surface area contributed by atoms with Crippen molar-refractivity contribution in [3.63, 3.8) is 0 Å². The molecule has 1 aromatic heterocycles. The van der Waals surface area contributed by atoms with Crippen LogP contribution in [0.4, 0.5) is 0 Å². The van der Waals surface area contributed by atoms with Crippen LogP contribution in [0.25, 0.3) is 10.2 Å². The van der Waals surface area contributed by atoms with E-state index >= 15 is 0 Å². The van der Waals surface area contributed by atoms with Crippen molar-refractivity contribution in [1.82, 2.24) is 10.3 Å². The van der Waals surface area contributed by atoms with E-state index < -0.39 is 0 Å². The Hall–Kier alpha value is -0.970. The van der Waals surface area contributed by atoms with E-state index in [1.807, 2.05) is 6.07 Å². The van der Waals surface area contributed by atoms with Gasteiger partial charge in [0.1, 0.15) is 5.01 Å². The van der Waals surface area contributed by atoms with E-state index in [1.54, 1.807) is 11.3 Å². The Bertz CT molecular complexity index is 550. The molecule has 2 N–H and O–H groups in total. The van der Waals surface area contributed by atoms with Crippen LogP contribution in [0.1, 0.15) is 37.6 Å². The largest absolute Gasteiger partial charge is 0.394 e. The van der Waals surface area contributed by atoms with Gasteiger partial charge in [0.15, 0.2) is 0 Å². The van der Waals surface area contributed by atoms with Gasteiger partial charge < -0.3 is 10.4 Å². The molecule has 1 fully saturated rings. The molecule has 1 saturated carbocycles. The molecular formula is C16H22N2OS. The lowest BCUT2D eigenvalue weighted by Crippen LogP contribution is -2.51. The van der Waals surface area contributed by atoms with Crippen molar-refractivity contribution in [2.24, 2.45) is 5.92 Å². The Balaban J connectivity index is 1.71. The molecule has 20 heavy (non-hydrogen) atoms. The first-order chi connectivity index (χ1) is 9.71. The molecule has 1 aliphatic carbocycles. The summed E-state index contributed by atoms with van der Waals surface area (Å²) in [6.07, 6.45) is 4.62. The highest BCUT2D eigenvalue weighted by molar-refractivity contribution is 7.18. The zero-order valence-corrected chi connectivity index (χ0v) is 12.7. The zero-order valence-electron chi connectivity index (χ0n) is 11.9. The molecule has 1 aliphatic rings. The monoisotopic (exact) mass is 290 g/mol. The number of benzene rings is 1. The van der Waals surface area contributed by atoms with E-state index in [2.05, 4.69) is 35.4 Å². The number of para-hydroxylation sites is 1. The van der Waals surface area contributed by atoms with Crippen LogP contribution in [0.2, 0.25) is 0 Å². The number of hydrogen-bond acceptors (Lipinski definition) is 4. The van der Waals surface area contributed by atoms with Crippen LogP contribution < -0.4 is 5.32 Å². The standard InChI is InChI=1S/C16H22N2OS/c1-12-5-4-8-16(9-12,11-19)17-10-15-18-13-6-2-3-7-14(13)20-15/h2-3,6-7,12,17,19H,4-5,8-11H2,1H3. The summed E-state index contributed by atoms with van der Waals surface area (Å²) >= 11 is 1.74. The summed E-state index contributed by atoms with van der Waals surface area (Å²) in [6.45, 7) is 3.26. The highest BCUT2D eigenvalue weighted by Crippen LogP contribution is 2.32. The lowest BCUT2D eigenvalue weighted by Gasteiger charge is -2.39. The van der Waals surface area contributed by atoms with Crippen LogP contribution in [-0.2, 0) is 6.54 Å². The molecule has 4 heteroatoms. The van der Waals surface area contributed by atoms with E-state index in [9.17, 15) is 5.11 Å². The number of thiazole rings is 1. The molecule has 1 aromatic carbocycles. The smallest absolute Gasteiger partial charge is 0.108 e. The molecule has 2 atom stereocenters. The van der Waals surface area contributed by atoms with E-state index in [4.69, 9.17) is 0 Å². The molecule has 2 aromatic rings. The Kier molecular flexibility index (Phi) is 4.06. The van der Waals surface area contributed by atoms with Gasteiger partial charge in [-0.25, -0.2) is 4.98 Å². The molecule has 0 bridgehead atoms. The summed E-state index contributed by atoms with van der Waals surface area (Å²) in [5.41, 5.74) is 0.972. The van der Waals surface area contributed by atoms with Gasteiger partial charge in [0, 0.05) is 12.1 Å². The van der Waals surface area contributed by atoms with E-state index in [1.165, 1.54) is 17.5 Å². The predicted molar refractivity (Wildman–Crippen MR) is 83.9 cm³/mol. The summed E-state index contributed by atoms with van der Waals surface area (Å²) in [5, 5.41) is 14.5. The molecule has 1 heterocycles. The maximum atomic E-state index is 9.80. The number of nitrogens with one attached hydrogen (secondary N) is 1. The van der Waals surface area contributed by atoms with Crippen molar-refractivity contribution in [3.8, 4) is 0 Å². The van der Waals surface area contributed by atoms with Crippen LogP contribution in [-0.4, -0.2) is 22.2 Å². The van der Waals surface area contributed by atoms with Crippen LogP contribution in [0, 0.1) is 5.92 Å². The number of aliphatic hydroxyl groups is 1. The number of hydrogen-bond donors (Lipinski definition) is 2. The highest BCUT2D eigenvalue weighted by Gasteiger charge is 2.33. The molecule has 0 amide bonds. The lowest BCUT2D eigenvalue weighted by molar-refractivity contribution is 0.0982. The van der Waals surface area contributed by atoms with Crippen LogP contribution in [0.15, 0.2) is 24.3 Å². The Labute approximate surface area is 124 Å². The second kappa shape index (κ2) is 5.80. The zero-order chi connectivity index (χ0) is 14.0. The Morgan fingerprint density at radius 3 is 3.05 bits per heavy atom. The van der Waals surface area contributed by atoms with Crippen molar-refractivity contribution in [2.45, 2.75) is 44.7 Å². The van der Waals surface area contributed by atoms with Gasteiger partial charge in [-0.2, -0.15) is 0 Å².